The number of rotatable bonds is 6. The lowest BCUT2D eigenvalue weighted by Gasteiger charge is -2.38. The Morgan fingerprint density at radius 3 is 2.85 bits per heavy atom. The van der Waals surface area contributed by atoms with Gasteiger partial charge in [0.1, 0.15) is 6.33 Å². The van der Waals surface area contributed by atoms with Crippen LogP contribution in [0, 0.1) is 11.3 Å². The van der Waals surface area contributed by atoms with Gasteiger partial charge in [-0.1, -0.05) is 30.3 Å². The number of aliphatic carboxylic acids is 1. The number of benzene rings is 1. The quantitative estimate of drug-likeness (QED) is 0.854. The summed E-state index contributed by atoms with van der Waals surface area (Å²) in [4.78, 5) is 14.5. The van der Waals surface area contributed by atoms with Crippen molar-refractivity contribution in [2.24, 2.45) is 11.3 Å². The fourth-order valence-electron chi connectivity index (χ4n) is 4.84. The molecule has 1 saturated heterocycles. The molecule has 1 aliphatic carbocycles. The molecule has 7 heteroatoms. The van der Waals surface area contributed by atoms with E-state index in [1.54, 1.807) is 11.0 Å². The van der Waals surface area contributed by atoms with E-state index in [4.69, 9.17) is 0 Å². The van der Waals surface area contributed by atoms with Crippen LogP contribution >= 0.6 is 0 Å². The van der Waals surface area contributed by atoms with Crippen LogP contribution in [0.25, 0.3) is 0 Å². The van der Waals surface area contributed by atoms with Gasteiger partial charge in [-0.05, 0) is 60.1 Å². The predicted octanol–water partition coefficient (Wildman–Crippen LogP) is 2.03. The molecule has 0 unspecified atom stereocenters. The number of hydrogen-bond acceptors (Lipinski definition) is 5. The Morgan fingerprint density at radius 2 is 2.12 bits per heavy atom. The molecule has 2 aliphatic rings. The molecule has 1 aromatic carbocycles. The monoisotopic (exact) mass is 355 g/mol. The van der Waals surface area contributed by atoms with Gasteiger partial charge in [0.25, 0.3) is 0 Å². The van der Waals surface area contributed by atoms with Gasteiger partial charge in [0.15, 0.2) is 0 Å². The molecule has 138 valence electrons. The summed E-state index contributed by atoms with van der Waals surface area (Å²) in [5.74, 6) is 0.0961. The van der Waals surface area contributed by atoms with Crippen LogP contribution in [0.1, 0.15) is 37.2 Å². The third-order valence-corrected chi connectivity index (χ3v) is 6.22. The molecule has 1 N–H and O–H groups in total. The topological polar surface area (TPSA) is 84.1 Å². The Bertz CT molecular complexity index is 736. The highest BCUT2D eigenvalue weighted by atomic mass is 16.4. The fourth-order valence-corrected chi connectivity index (χ4v) is 4.84. The van der Waals surface area contributed by atoms with Gasteiger partial charge in [0.05, 0.1) is 5.41 Å². The second kappa shape index (κ2) is 7.15. The summed E-state index contributed by atoms with van der Waals surface area (Å²) in [6.45, 7) is 3.21. The van der Waals surface area contributed by atoms with Crippen molar-refractivity contribution in [3.8, 4) is 0 Å². The van der Waals surface area contributed by atoms with E-state index in [1.807, 2.05) is 6.07 Å². The maximum atomic E-state index is 12.1. The smallest absolute Gasteiger partial charge is 0.311 e. The first kappa shape index (κ1) is 17.1. The average molecular weight is 355 g/mol. The molecule has 0 radical (unpaired) electrons. The number of likely N-dealkylation sites (tertiary alicyclic amines) is 1. The second-order valence-electron chi connectivity index (χ2n) is 7.70. The normalized spacial score (nSPS) is 28.8. The van der Waals surface area contributed by atoms with Crippen LogP contribution in [0.3, 0.4) is 0 Å². The summed E-state index contributed by atoms with van der Waals surface area (Å²) in [6.07, 6.45) is 5.25. The van der Waals surface area contributed by atoms with Crippen molar-refractivity contribution >= 4 is 5.97 Å². The minimum atomic E-state index is -0.614. The minimum absolute atomic E-state index is 0.229. The van der Waals surface area contributed by atoms with Crippen LogP contribution < -0.4 is 0 Å². The molecule has 2 heterocycles. The first-order valence-electron chi connectivity index (χ1n) is 9.39. The van der Waals surface area contributed by atoms with E-state index in [0.717, 1.165) is 45.3 Å². The van der Waals surface area contributed by atoms with E-state index in [2.05, 4.69) is 44.7 Å². The average Bonchev–Trinajstić information content (AvgIpc) is 3.29. The molecule has 0 spiro atoms. The van der Waals surface area contributed by atoms with Crippen LogP contribution in [-0.2, 0) is 11.3 Å². The Morgan fingerprint density at radius 1 is 1.27 bits per heavy atom. The van der Waals surface area contributed by atoms with Gasteiger partial charge < -0.3 is 10.0 Å². The summed E-state index contributed by atoms with van der Waals surface area (Å²) in [5.41, 5.74) is 0.781. The van der Waals surface area contributed by atoms with Crippen molar-refractivity contribution < 1.29 is 9.90 Å². The van der Waals surface area contributed by atoms with E-state index in [0.29, 0.717) is 12.5 Å². The summed E-state index contributed by atoms with van der Waals surface area (Å²) >= 11 is 0. The summed E-state index contributed by atoms with van der Waals surface area (Å²) in [5, 5.41) is 21.2. The first-order chi connectivity index (χ1) is 12.7. The van der Waals surface area contributed by atoms with Gasteiger partial charge in [-0.3, -0.25) is 4.79 Å². The van der Waals surface area contributed by atoms with Crippen molar-refractivity contribution in [1.82, 2.24) is 25.1 Å². The van der Waals surface area contributed by atoms with Crippen LogP contribution in [0.5, 0.6) is 0 Å². The molecule has 1 aromatic heterocycles. The molecule has 0 bridgehead atoms. The van der Waals surface area contributed by atoms with Gasteiger partial charge >= 0.3 is 5.97 Å². The predicted molar refractivity (Wildman–Crippen MR) is 95.5 cm³/mol. The number of hydrogen-bond donors (Lipinski definition) is 1. The molecule has 2 fully saturated rings. The Kier molecular flexibility index (Phi) is 4.72. The minimum Gasteiger partial charge on any atom is -0.481 e. The SMILES string of the molecule is O=C(O)[C@]12CC[C@H](c3ccccc3)C[C@H]1CN(CCCn1cnnn1)C2. The largest absolute Gasteiger partial charge is 0.481 e. The van der Waals surface area contributed by atoms with Crippen molar-refractivity contribution in [2.75, 3.05) is 19.6 Å². The van der Waals surface area contributed by atoms with Gasteiger partial charge in [0.2, 0.25) is 0 Å². The van der Waals surface area contributed by atoms with Gasteiger partial charge in [0, 0.05) is 19.6 Å². The molecular formula is C19H25N5O2. The summed E-state index contributed by atoms with van der Waals surface area (Å²) in [6, 6.07) is 10.5. The number of tetrazole rings is 1. The maximum Gasteiger partial charge on any atom is 0.311 e. The summed E-state index contributed by atoms with van der Waals surface area (Å²) in [7, 11) is 0. The number of carbonyl (C=O) groups is 1. The lowest BCUT2D eigenvalue weighted by Crippen LogP contribution is -2.42. The van der Waals surface area contributed by atoms with Crippen LogP contribution in [-0.4, -0.2) is 55.8 Å². The molecule has 1 aliphatic heterocycles. The van der Waals surface area contributed by atoms with Crippen molar-refractivity contribution in [2.45, 2.75) is 38.1 Å². The number of aromatic nitrogens is 4. The van der Waals surface area contributed by atoms with Crippen LogP contribution in [0.4, 0.5) is 0 Å². The third-order valence-electron chi connectivity index (χ3n) is 6.22. The van der Waals surface area contributed by atoms with Gasteiger partial charge in [-0.25, -0.2) is 4.68 Å². The molecule has 3 atom stereocenters. The number of fused-ring (bicyclic) bond motifs is 1. The second-order valence-corrected chi connectivity index (χ2v) is 7.70. The van der Waals surface area contributed by atoms with E-state index in [1.165, 1.54) is 5.56 Å². The number of nitrogens with zero attached hydrogens (tertiary/aromatic N) is 5. The highest BCUT2D eigenvalue weighted by molar-refractivity contribution is 5.76. The maximum absolute atomic E-state index is 12.1. The lowest BCUT2D eigenvalue weighted by atomic mass is 9.64. The van der Waals surface area contributed by atoms with Gasteiger partial charge in [-0.15, -0.1) is 5.10 Å². The highest BCUT2D eigenvalue weighted by Crippen LogP contribution is 2.51. The van der Waals surface area contributed by atoms with E-state index in [9.17, 15) is 9.90 Å². The third kappa shape index (κ3) is 3.23. The molecule has 1 saturated carbocycles. The molecule has 0 amide bonds. The fraction of sp³-hybridized carbons (Fsp3) is 0.579. The van der Waals surface area contributed by atoms with Crippen LogP contribution in [0.2, 0.25) is 0 Å². The zero-order chi connectivity index (χ0) is 18.0. The van der Waals surface area contributed by atoms with Crippen molar-refractivity contribution in [1.29, 1.82) is 0 Å². The van der Waals surface area contributed by atoms with Gasteiger partial charge in [-0.2, -0.15) is 0 Å². The molecule has 26 heavy (non-hydrogen) atoms. The zero-order valence-corrected chi connectivity index (χ0v) is 14.9. The number of carboxylic acid groups (broad SMARTS) is 1. The van der Waals surface area contributed by atoms with Crippen LogP contribution in [0.15, 0.2) is 36.7 Å². The lowest BCUT2D eigenvalue weighted by molar-refractivity contribution is -0.152. The molecule has 4 rings (SSSR count). The Hall–Kier alpha value is -2.28. The molecular weight excluding hydrogens is 330 g/mol. The molecule has 7 nitrogen and oxygen atoms in total. The Labute approximate surface area is 153 Å². The number of aryl methyl sites for hydroxylation is 1. The standard InChI is InChI=1S/C19H25N5O2/c25-18(26)19-8-7-16(15-5-2-1-3-6-15)11-17(19)12-23(13-19)9-4-10-24-14-20-21-22-24/h1-3,5-6,14,16-17H,4,7-13H2,(H,25,26)/t16-,17-,19-/m0/s1. The highest BCUT2D eigenvalue weighted by Gasteiger charge is 2.54. The first-order valence-corrected chi connectivity index (χ1v) is 9.39. The summed E-state index contributed by atoms with van der Waals surface area (Å²) < 4.78 is 1.72. The van der Waals surface area contributed by atoms with E-state index < -0.39 is 11.4 Å². The van der Waals surface area contributed by atoms with Crippen molar-refractivity contribution in [3.63, 3.8) is 0 Å². The Balaban J connectivity index is 1.41. The zero-order valence-electron chi connectivity index (χ0n) is 14.9. The number of carboxylic acids is 1. The van der Waals surface area contributed by atoms with Crippen molar-refractivity contribution in [3.05, 3.63) is 42.2 Å². The molecule has 2 aromatic rings. The van der Waals surface area contributed by atoms with E-state index >= 15 is 0 Å². The van der Waals surface area contributed by atoms with E-state index in [-0.39, 0.29) is 5.92 Å².